The minimum Gasteiger partial charge on any atom is -0.475 e. The van der Waals surface area contributed by atoms with E-state index < -0.39 is 17.9 Å². The van der Waals surface area contributed by atoms with Crippen molar-refractivity contribution in [2.45, 2.75) is 43.7 Å². The molecule has 6 nitrogen and oxygen atoms in total. The Labute approximate surface area is 201 Å². The second-order valence-corrected chi connectivity index (χ2v) is 8.44. The number of hydrogen-bond acceptors (Lipinski definition) is 5. The minimum absolute atomic E-state index is 0.381. The number of allylic oxidation sites excluding steroid dienone is 2. The van der Waals surface area contributed by atoms with Crippen LogP contribution >= 0.6 is 0 Å². The standard InChI is InChI=1S/C24H26N2O2.C2HF3O2/c1-23(26-22(25)20-12-6-7-13-21(20)28-23)15-16-24(27-2)14-8-11-19(17-24)18-9-4-3-5-10-18;3-2(4,5)1(6)7/h3-14H,15-17H2,1-2H3,(H2,25,26);(H,6,7). The third-order valence-corrected chi connectivity index (χ3v) is 5.84. The molecular weight excluding hydrogens is 461 g/mol. The number of hydrogen-bond donors (Lipinski definition) is 2. The van der Waals surface area contributed by atoms with E-state index >= 15 is 0 Å². The average Bonchev–Trinajstić information content (AvgIpc) is 2.83. The Hall–Kier alpha value is -3.59. The highest BCUT2D eigenvalue weighted by Crippen LogP contribution is 2.39. The Morgan fingerprint density at radius 1 is 1.14 bits per heavy atom. The summed E-state index contributed by atoms with van der Waals surface area (Å²) >= 11 is 0. The van der Waals surface area contributed by atoms with Crippen LogP contribution in [0.5, 0.6) is 5.75 Å². The summed E-state index contributed by atoms with van der Waals surface area (Å²) in [5.41, 5.74) is 8.48. The molecule has 1 aliphatic carbocycles. The van der Waals surface area contributed by atoms with Crippen molar-refractivity contribution < 1.29 is 32.5 Å². The van der Waals surface area contributed by atoms with Crippen LogP contribution in [0.15, 0.2) is 77.8 Å². The SMILES string of the molecule is COC1(CCC2(C)N=C(N)c3ccccc3O2)C=CC=C(c2ccccc2)C1.O=C(O)C(F)(F)F. The molecule has 0 bridgehead atoms. The van der Waals surface area contributed by atoms with Gasteiger partial charge in [-0.25, -0.2) is 9.79 Å². The Kier molecular flexibility index (Phi) is 7.70. The molecule has 1 aliphatic heterocycles. The number of para-hydroxylation sites is 1. The second kappa shape index (κ2) is 10.4. The van der Waals surface area contributed by atoms with Crippen molar-refractivity contribution in [2.75, 3.05) is 7.11 Å². The summed E-state index contributed by atoms with van der Waals surface area (Å²) in [7, 11) is 1.77. The van der Waals surface area contributed by atoms with Gasteiger partial charge in [-0.3, -0.25) is 0 Å². The molecule has 2 unspecified atom stereocenters. The third-order valence-electron chi connectivity index (χ3n) is 5.84. The first-order valence-corrected chi connectivity index (χ1v) is 10.9. The number of carboxylic acid groups (broad SMARTS) is 1. The lowest BCUT2D eigenvalue weighted by atomic mass is 9.82. The fourth-order valence-electron chi connectivity index (χ4n) is 3.94. The van der Waals surface area contributed by atoms with Crippen LogP contribution in [-0.2, 0) is 9.53 Å². The summed E-state index contributed by atoms with van der Waals surface area (Å²) in [4.78, 5) is 13.6. The van der Waals surface area contributed by atoms with Crippen LogP contribution in [0, 0.1) is 0 Å². The van der Waals surface area contributed by atoms with Gasteiger partial charge in [0, 0.05) is 20.0 Å². The Morgan fingerprint density at radius 2 is 1.77 bits per heavy atom. The Morgan fingerprint density at radius 3 is 2.40 bits per heavy atom. The maximum absolute atomic E-state index is 10.6. The van der Waals surface area contributed by atoms with E-state index in [-0.39, 0.29) is 5.60 Å². The molecule has 0 aromatic heterocycles. The molecule has 1 heterocycles. The first-order chi connectivity index (χ1) is 16.5. The van der Waals surface area contributed by atoms with Gasteiger partial charge in [-0.1, -0.05) is 60.7 Å². The Bertz CT molecular complexity index is 1140. The molecule has 186 valence electrons. The maximum atomic E-state index is 10.6. The van der Waals surface area contributed by atoms with E-state index in [1.54, 1.807) is 7.11 Å². The maximum Gasteiger partial charge on any atom is 0.490 e. The smallest absolute Gasteiger partial charge is 0.475 e. The highest BCUT2D eigenvalue weighted by atomic mass is 19.4. The number of halogens is 3. The molecule has 3 N–H and O–H groups in total. The summed E-state index contributed by atoms with van der Waals surface area (Å²) in [6.45, 7) is 1.99. The van der Waals surface area contributed by atoms with E-state index in [4.69, 9.17) is 25.1 Å². The highest BCUT2D eigenvalue weighted by Gasteiger charge is 2.38. The van der Waals surface area contributed by atoms with Crippen molar-refractivity contribution in [1.82, 2.24) is 0 Å². The molecular formula is C26H27F3N2O4. The lowest BCUT2D eigenvalue weighted by molar-refractivity contribution is -0.192. The first-order valence-electron chi connectivity index (χ1n) is 10.9. The number of alkyl halides is 3. The van der Waals surface area contributed by atoms with Crippen LogP contribution in [0.1, 0.15) is 37.3 Å². The molecule has 2 aliphatic rings. The molecule has 4 rings (SSSR count). The first kappa shape index (κ1) is 26.0. The van der Waals surface area contributed by atoms with Gasteiger partial charge < -0.3 is 20.3 Å². The zero-order chi connectivity index (χ0) is 25.7. The Balaban J connectivity index is 0.000000429. The van der Waals surface area contributed by atoms with Crippen LogP contribution in [0.25, 0.3) is 5.57 Å². The van der Waals surface area contributed by atoms with Gasteiger partial charge in [0.05, 0.1) is 11.2 Å². The number of carboxylic acids is 1. The number of rotatable bonds is 5. The summed E-state index contributed by atoms with van der Waals surface area (Å²) in [6.07, 6.45) is 3.61. The molecule has 9 heteroatoms. The normalized spacial score (nSPS) is 23.1. The number of nitrogens with zero attached hydrogens (tertiary/aromatic N) is 1. The molecule has 2 aromatic carbocycles. The minimum atomic E-state index is -5.08. The van der Waals surface area contributed by atoms with Gasteiger partial charge in [-0.2, -0.15) is 13.2 Å². The number of ether oxygens (including phenoxy) is 2. The third kappa shape index (κ3) is 6.51. The van der Waals surface area contributed by atoms with E-state index in [1.165, 1.54) is 11.1 Å². The van der Waals surface area contributed by atoms with Gasteiger partial charge in [-0.15, -0.1) is 0 Å². The number of carbonyl (C=O) groups is 1. The summed E-state index contributed by atoms with van der Waals surface area (Å²) in [6, 6.07) is 18.2. The monoisotopic (exact) mass is 488 g/mol. The van der Waals surface area contributed by atoms with Crippen molar-refractivity contribution >= 4 is 17.4 Å². The van der Waals surface area contributed by atoms with Crippen molar-refractivity contribution in [3.8, 4) is 5.75 Å². The van der Waals surface area contributed by atoms with Crippen molar-refractivity contribution in [3.05, 3.63) is 84.0 Å². The van der Waals surface area contributed by atoms with Crippen molar-refractivity contribution in [1.29, 1.82) is 0 Å². The number of methoxy groups -OCH3 is 1. The molecule has 2 aromatic rings. The van der Waals surface area contributed by atoms with E-state index in [0.717, 1.165) is 24.2 Å². The molecule has 0 saturated carbocycles. The summed E-state index contributed by atoms with van der Waals surface area (Å²) in [5, 5.41) is 7.12. The van der Waals surface area contributed by atoms with E-state index in [9.17, 15) is 13.2 Å². The van der Waals surface area contributed by atoms with Gasteiger partial charge in [0.2, 0.25) is 0 Å². The van der Waals surface area contributed by atoms with Gasteiger partial charge in [-0.05, 0) is 36.6 Å². The summed E-state index contributed by atoms with van der Waals surface area (Å²) in [5.74, 6) is -1.44. The average molecular weight is 489 g/mol. The number of aliphatic carboxylic acids is 1. The van der Waals surface area contributed by atoms with E-state index in [0.29, 0.717) is 12.3 Å². The van der Waals surface area contributed by atoms with E-state index in [2.05, 4.69) is 47.5 Å². The molecule has 35 heavy (non-hydrogen) atoms. The van der Waals surface area contributed by atoms with Crippen LogP contribution in [0.4, 0.5) is 13.2 Å². The van der Waals surface area contributed by atoms with Gasteiger partial charge in [0.1, 0.15) is 11.6 Å². The molecule has 0 saturated heterocycles. The van der Waals surface area contributed by atoms with Crippen LogP contribution in [0.2, 0.25) is 0 Å². The van der Waals surface area contributed by atoms with Crippen LogP contribution < -0.4 is 10.5 Å². The zero-order valence-corrected chi connectivity index (χ0v) is 19.4. The van der Waals surface area contributed by atoms with Crippen molar-refractivity contribution in [2.24, 2.45) is 10.7 Å². The quantitative estimate of drug-likeness (QED) is 0.592. The molecule has 0 amide bonds. The second-order valence-electron chi connectivity index (χ2n) is 8.44. The topological polar surface area (TPSA) is 94.1 Å². The lowest BCUT2D eigenvalue weighted by Crippen LogP contribution is -2.41. The predicted molar refractivity (Wildman–Crippen MR) is 127 cm³/mol. The number of benzene rings is 2. The molecule has 0 fully saturated rings. The molecule has 0 spiro atoms. The van der Waals surface area contributed by atoms with Crippen molar-refractivity contribution in [3.63, 3.8) is 0 Å². The molecule has 0 radical (unpaired) electrons. The van der Waals surface area contributed by atoms with E-state index in [1.807, 2.05) is 37.3 Å². The van der Waals surface area contributed by atoms with Gasteiger partial charge >= 0.3 is 12.1 Å². The lowest BCUT2D eigenvalue weighted by Gasteiger charge is -2.37. The number of amidine groups is 1. The van der Waals surface area contributed by atoms with Gasteiger partial charge in [0.25, 0.3) is 0 Å². The largest absolute Gasteiger partial charge is 0.490 e. The predicted octanol–water partition coefficient (Wildman–Crippen LogP) is 5.34. The number of nitrogens with two attached hydrogens (primary N) is 1. The van der Waals surface area contributed by atoms with Gasteiger partial charge in [0.15, 0.2) is 5.72 Å². The summed E-state index contributed by atoms with van der Waals surface area (Å²) < 4.78 is 44.0. The zero-order valence-electron chi connectivity index (χ0n) is 19.4. The fraction of sp³-hybridized carbons (Fsp3) is 0.308. The fourth-order valence-corrected chi connectivity index (χ4v) is 3.94. The highest BCUT2D eigenvalue weighted by molar-refractivity contribution is 6.00. The van der Waals surface area contributed by atoms with Crippen LogP contribution in [0.3, 0.4) is 0 Å². The molecule has 2 atom stereocenters. The number of fused-ring (bicyclic) bond motifs is 1. The van der Waals surface area contributed by atoms with Crippen LogP contribution in [-0.4, -0.2) is 41.5 Å². The number of aliphatic imine (C=N–C) groups is 1.